The molecule has 0 aliphatic rings. The van der Waals surface area contributed by atoms with Crippen LogP contribution in [0.2, 0.25) is 0 Å². The van der Waals surface area contributed by atoms with E-state index in [4.69, 9.17) is 4.74 Å². The minimum atomic E-state index is -3.73. The number of anilines is 1. The van der Waals surface area contributed by atoms with Gasteiger partial charge in [0, 0.05) is 6.07 Å². The Balaban J connectivity index is 2.27. The summed E-state index contributed by atoms with van der Waals surface area (Å²) in [6.07, 6.45) is 0.636. The lowest BCUT2D eigenvalue weighted by Crippen LogP contribution is -2.13. The van der Waals surface area contributed by atoms with Crippen molar-refractivity contribution in [2.45, 2.75) is 17.9 Å². The Bertz CT molecular complexity index is 712. The van der Waals surface area contributed by atoms with E-state index in [1.807, 2.05) is 0 Å². The number of aliphatic hydroxyl groups excluding tert-OH is 1. The molecule has 7 heteroatoms. The number of nitrogens with zero attached hydrogens (tertiary/aromatic N) is 1. The molecule has 21 heavy (non-hydrogen) atoms. The van der Waals surface area contributed by atoms with Crippen LogP contribution >= 0.6 is 0 Å². The van der Waals surface area contributed by atoms with Crippen LogP contribution in [0.1, 0.15) is 18.6 Å². The minimum Gasteiger partial charge on any atom is -0.481 e. The number of aliphatic hydroxyl groups is 1. The Morgan fingerprint density at radius 3 is 2.62 bits per heavy atom. The Morgan fingerprint density at radius 2 is 2.05 bits per heavy atom. The first-order valence-electron chi connectivity index (χ1n) is 6.23. The molecule has 0 aliphatic carbocycles. The van der Waals surface area contributed by atoms with Gasteiger partial charge in [-0.2, -0.15) is 0 Å². The van der Waals surface area contributed by atoms with Gasteiger partial charge in [-0.3, -0.25) is 4.72 Å². The molecule has 0 radical (unpaired) electrons. The van der Waals surface area contributed by atoms with Crippen molar-refractivity contribution in [3.05, 3.63) is 48.2 Å². The number of rotatable bonds is 5. The van der Waals surface area contributed by atoms with Crippen LogP contribution in [0, 0.1) is 0 Å². The molecule has 112 valence electrons. The third-order valence-corrected chi connectivity index (χ3v) is 4.23. The first kappa shape index (κ1) is 15.3. The van der Waals surface area contributed by atoms with Gasteiger partial charge in [-0.1, -0.05) is 12.1 Å². The maximum absolute atomic E-state index is 12.3. The predicted octanol–water partition coefficient (Wildman–Crippen LogP) is 1.94. The minimum absolute atomic E-state index is 0.0803. The second kappa shape index (κ2) is 6.11. The molecule has 1 aromatic carbocycles. The summed E-state index contributed by atoms with van der Waals surface area (Å²) in [6.45, 7) is 1.58. The number of benzene rings is 1. The van der Waals surface area contributed by atoms with Crippen LogP contribution in [-0.4, -0.2) is 25.6 Å². The van der Waals surface area contributed by atoms with Gasteiger partial charge >= 0.3 is 0 Å². The monoisotopic (exact) mass is 308 g/mol. The highest BCUT2D eigenvalue weighted by molar-refractivity contribution is 7.92. The summed E-state index contributed by atoms with van der Waals surface area (Å²) in [6, 6.07) is 9.27. The van der Waals surface area contributed by atoms with Gasteiger partial charge in [0.15, 0.2) is 0 Å². The Morgan fingerprint density at radius 1 is 1.29 bits per heavy atom. The summed E-state index contributed by atoms with van der Waals surface area (Å²) in [7, 11) is -2.25. The number of hydrogen-bond acceptors (Lipinski definition) is 5. The summed E-state index contributed by atoms with van der Waals surface area (Å²) in [5, 5.41) is 9.52. The Labute approximate surface area is 123 Å². The first-order valence-corrected chi connectivity index (χ1v) is 7.71. The van der Waals surface area contributed by atoms with Crippen LogP contribution in [0.25, 0.3) is 0 Å². The van der Waals surface area contributed by atoms with E-state index in [1.165, 1.54) is 25.4 Å². The molecule has 2 rings (SSSR count). The number of hydrogen-bond donors (Lipinski definition) is 2. The van der Waals surface area contributed by atoms with E-state index in [1.54, 1.807) is 31.2 Å². The molecule has 0 bridgehead atoms. The van der Waals surface area contributed by atoms with Gasteiger partial charge in [0.25, 0.3) is 10.0 Å². The number of methoxy groups -OCH3 is 1. The molecular weight excluding hydrogens is 292 g/mol. The maximum Gasteiger partial charge on any atom is 0.261 e. The van der Waals surface area contributed by atoms with E-state index in [9.17, 15) is 13.5 Å². The van der Waals surface area contributed by atoms with Crippen molar-refractivity contribution in [2.75, 3.05) is 11.8 Å². The number of nitrogens with one attached hydrogen (secondary N) is 1. The molecule has 2 N–H and O–H groups in total. The van der Waals surface area contributed by atoms with Gasteiger partial charge in [0.2, 0.25) is 5.88 Å². The van der Waals surface area contributed by atoms with Gasteiger partial charge in [-0.15, -0.1) is 0 Å². The molecule has 2 aromatic rings. The molecule has 1 atom stereocenters. The fourth-order valence-electron chi connectivity index (χ4n) is 1.72. The summed E-state index contributed by atoms with van der Waals surface area (Å²) in [5.41, 5.74) is 0.865. The van der Waals surface area contributed by atoms with E-state index in [0.29, 0.717) is 17.1 Å². The molecule has 1 heterocycles. The van der Waals surface area contributed by atoms with Gasteiger partial charge in [-0.25, -0.2) is 13.4 Å². The standard InChI is InChI=1S/C14H16N2O4S/c1-10(17)11-4-3-5-13(8-11)21(18,19)16-12-6-7-14(20-2)15-9-12/h3-10,16-17H,1-2H3. The van der Waals surface area contributed by atoms with Gasteiger partial charge < -0.3 is 9.84 Å². The number of sulfonamides is 1. The largest absolute Gasteiger partial charge is 0.481 e. The summed E-state index contributed by atoms with van der Waals surface area (Å²) in [4.78, 5) is 4.01. The second-order valence-corrected chi connectivity index (χ2v) is 6.13. The van der Waals surface area contributed by atoms with Crippen molar-refractivity contribution in [1.82, 2.24) is 4.98 Å². The van der Waals surface area contributed by atoms with E-state index in [2.05, 4.69) is 9.71 Å². The molecule has 1 aromatic heterocycles. The van der Waals surface area contributed by atoms with E-state index in [0.717, 1.165) is 0 Å². The number of pyridine rings is 1. The maximum atomic E-state index is 12.3. The van der Waals surface area contributed by atoms with Gasteiger partial charge in [-0.05, 0) is 30.7 Å². The van der Waals surface area contributed by atoms with Gasteiger partial charge in [0.1, 0.15) is 0 Å². The highest BCUT2D eigenvalue weighted by Crippen LogP contribution is 2.20. The quantitative estimate of drug-likeness (QED) is 0.881. The second-order valence-electron chi connectivity index (χ2n) is 4.44. The van der Waals surface area contributed by atoms with Crippen LogP contribution in [0.5, 0.6) is 5.88 Å². The zero-order valence-corrected chi connectivity index (χ0v) is 12.5. The lowest BCUT2D eigenvalue weighted by Gasteiger charge is -2.10. The van der Waals surface area contributed by atoms with Crippen molar-refractivity contribution >= 4 is 15.7 Å². The van der Waals surface area contributed by atoms with Crippen molar-refractivity contribution < 1.29 is 18.3 Å². The molecule has 0 saturated heterocycles. The predicted molar refractivity (Wildman–Crippen MR) is 78.7 cm³/mol. The molecular formula is C14H16N2O4S. The molecule has 0 aliphatic heterocycles. The summed E-state index contributed by atoms with van der Waals surface area (Å²) >= 11 is 0. The van der Waals surface area contributed by atoms with Crippen LogP contribution in [0.15, 0.2) is 47.5 Å². The lowest BCUT2D eigenvalue weighted by molar-refractivity contribution is 0.199. The third kappa shape index (κ3) is 3.71. The topological polar surface area (TPSA) is 88.5 Å². The Kier molecular flexibility index (Phi) is 4.44. The summed E-state index contributed by atoms with van der Waals surface area (Å²) < 4.78 is 31.9. The fraction of sp³-hybridized carbons (Fsp3) is 0.214. The fourth-order valence-corrected chi connectivity index (χ4v) is 2.81. The molecule has 6 nitrogen and oxygen atoms in total. The van der Waals surface area contributed by atoms with Gasteiger partial charge in [0.05, 0.1) is 30.0 Å². The van der Waals surface area contributed by atoms with Crippen LogP contribution in [-0.2, 0) is 10.0 Å². The average Bonchev–Trinajstić information content (AvgIpc) is 2.48. The van der Waals surface area contributed by atoms with Crippen molar-refractivity contribution in [2.24, 2.45) is 0 Å². The van der Waals surface area contributed by atoms with Crippen LogP contribution in [0.3, 0.4) is 0 Å². The highest BCUT2D eigenvalue weighted by Gasteiger charge is 2.15. The lowest BCUT2D eigenvalue weighted by atomic mass is 10.1. The Hall–Kier alpha value is -2.12. The van der Waals surface area contributed by atoms with Crippen molar-refractivity contribution in [3.8, 4) is 5.88 Å². The molecule has 1 unspecified atom stereocenters. The van der Waals surface area contributed by atoms with Crippen LogP contribution < -0.4 is 9.46 Å². The average molecular weight is 308 g/mol. The molecule has 0 amide bonds. The number of ether oxygens (including phenoxy) is 1. The van der Waals surface area contributed by atoms with E-state index < -0.39 is 16.1 Å². The number of aromatic nitrogens is 1. The third-order valence-electron chi connectivity index (χ3n) is 2.85. The normalized spacial score (nSPS) is 12.7. The smallest absolute Gasteiger partial charge is 0.261 e. The van der Waals surface area contributed by atoms with Crippen molar-refractivity contribution in [3.63, 3.8) is 0 Å². The van der Waals surface area contributed by atoms with E-state index >= 15 is 0 Å². The van der Waals surface area contributed by atoms with Crippen LogP contribution in [0.4, 0.5) is 5.69 Å². The summed E-state index contributed by atoms with van der Waals surface area (Å²) in [5.74, 6) is 0.397. The SMILES string of the molecule is COc1ccc(NS(=O)(=O)c2cccc(C(C)O)c2)cn1. The molecule has 0 saturated carbocycles. The first-order chi connectivity index (χ1) is 9.92. The highest BCUT2D eigenvalue weighted by atomic mass is 32.2. The molecule has 0 fully saturated rings. The van der Waals surface area contributed by atoms with Crippen molar-refractivity contribution in [1.29, 1.82) is 0 Å². The van der Waals surface area contributed by atoms with E-state index in [-0.39, 0.29) is 4.90 Å². The zero-order valence-electron chi connectivity index (χ0n) is 11.6. The zero-order chi connectivity index (χ0) is 15.5. The molecule has 0 spiro atoms.